The average Bonchev–Trinajstić information content (AvgIpc) is 2.88. The standard InChI is InChI=1S/C15H17F2NS/c1-2-7-18-15(10-12-4-3-8-19-12)13-6-5-11(16)9-14(13)17/h3-6,8-9,15,18H,2,7,10H2,1H3. The summed E-state index contributed by atoms with van der Waals surface area (Å²) in [5, 5.41) is 5.34. The van der Waals surface area contributed by atoms with Crippen molar-refractivity contribution in [3.8, 4) is 0 Å². The van der Waals surface area contributed by atoms with Gasteiger partial charge in [0, 0.05) is 29.0 Å². The summed E-state index contributed by atoms with van der Waals surface area (Å²) in [6.07, 6.45) is 1.70. The number of hydrogen-bond donors (Lipinski definition) is 1. The molecule has 4 heteroatoms. The van der Waals surface area contributed by atoms with E-state index >= 15 is 0 Å². The van der Waals surface area contributed by atoms with Crippen molar-refractivity contribution >= 4 is 11.3 Å². The van der Waals surface area contributed by atoms with E-state index < -0.39 is 11.6 Å². The minimum Gasteiger partial charge on any atom is -0.310 e. The zero-order valence-corrected chi connectivity index (χ0v) is 11.6. The van der Waals surface area contributed by atoms with Crippen LogP contribution in [0.3, 0.4) is 0 Å². The second kappa shape index (κ2) is 6.78. The summed E-state index contributed by atoms with van der Waals surface area (Å²) in [5.41, 5.74) is 0.531. The van der Waals surface area contributed by atoms with E-state index in [1.165, 1.54) is 17.0 Å². The third-order valence-corrected chi connectivity index (χ3v) is 3.86. The summed E-state index contributed by atoms with van der Waals surface area (Å²) in [4.78, 5) is 1.19. The van der Waals surface area contributed by atoms with Crippen LogP contribution in [-0.4, -0.2) is 6.54 Å². The second-order valence-corrected chi connectivity index (χ2v) is 5.49. The van der Waals surface area contributed by atoms with E-state index in [9.17, 15) is 8.78 Å². The SMILES string of the molecule is CCCNC(Cc1cccs1)c1ccc(F)cc1F. The average molecular weight is 281 g/mol. The molecule has 1 atom stereocenters. The molecule has 0 saturated carbocycles. The predicted molar refractivity (Wildman–Crippen MR) is 75.4 cm³/mol. The quantitative estimate of drug-likeness (QED) is 0.832. The van der Waals surface area contributed by atoms with E-state index in [0.29, 0.717) is 5.56 Å². The van der Waals surface area contributed by atoms with E-state index in [2.05, 4.69) is 12.2 Å². The van der Waals surface area contributed by atoms with Crippen molar-refractivity contribution in [3.05, 3.63) is 57.8 Å². The first kappa shape index (κ1) is 14.2. The van der Waals surface area contributed by atoms with Crippen molar-refractivity contribution in [1.82, 2.24) is 5.32 Å². The molecule has 0 spiro atoms. The second-order valence-electron chi connectivity index (χ2n) is 4.46. The van der Waals surface area contributed by atoms with Crippen LogP contribution in [0.4, 0.5) is 8.78 Å². The molecule has 1 aromatic carbocycles. The molecule has 0 saturated heterocycles. The van der Waals surface area contributed by atoms with Gasteiger partial charge >= 0.3 is 0 Å². The van der Waals surface area contributed by atoms with Gasteiger partial charge in [0.15, 0.2) is 0 Å². The topological polar surface area (TPSA) is 12.0 Å². The van der Waals surface area contributed by atoms with Gasteiger partial charge in [-0.15, -0.1) is 11.3 Å². The van der Waals surface area contributed by atoms with Crippen LogP contribution in [0.1, 0.15) is 29.8 Å². The fourth-order valence-corrected chi connectivity index (χ4v) is 2.78. The van der Waals surface area contributed by atoms with Gasteiger partial charge in [-0.2, -0.15) is 0 Å². The zero-order chi connectivity index (χ0) is 13.7. The first-order chi connectivity index (χ1) is 9.20. The molecule has 1 unspecified atom stereocenters. The molecule has 0 amide bonds. The van der Waals surface area contributed by atoms with Crippen molar-refractivity contribution in [2.75, 3.05) is 6.54 Å². The first-order valence-electron chi connectivity index (χ1n) is 6.41. The minimum absolute atomic E-state index is 0.112. The third kappa shape index (κ3) is 3.85. The zero-order valence-electron chi connectivity index (χ0n) is 10.8. The highest BCUT2D eigenvalue weighted by molar-refractivity contribution is 7.09. The van der Waals surface area contributed by atoms with Gasteiger partial charge in [0.2, 0.25) is 0 Å². The lowest BCUT2D eigenvalue weighted by molar-refractivity contribution is 0.493. The monoisotopic (exact) mass is 281 g/mol. The van der Waals surface area contributed by atoms with Crippen molar-refractivity contribution in [1.29, 1.82) is 0 Å². The van der Waals surface area contributed by atoms with E-state index in [4.69, 9.17) is 0 Å². The maximum Gasteiger partial charge on any atom is 0.130 e. The Balaban J connectivity index is 2.20. The van der Waals surface area contributed by atoms with Gasteiger partial charge in [0.05, 0.1) is 0 Å². The number of thiophene rings is 1. The van der Waals surface area contributed by atoms with E-state index in [1.807, 2.05) is 17.5 Å². The molecule has 0 aliphatic carbocycles. The number of rotatable bonds is 6. The van der Waals surface area contributed by atoms with Crippen LogP contribution >= 0.6 is 11.3 Å². The minimum atomic E-state index is -0.536. The molecule has 0 bridgehead atoms. The molecule has 0 radical (unpaired) electrons. The smallest absolute Gasteiger partial charge is 0.130 e. The van der Waals surface area contributed by atoms with Gasteiger partial charge in [-0.05, 0) is 30.5 Å². The lowest BCUT2D eigenvalue weighted by Crippen LogP contribution is -2.24. The first-order valence-corrected chi connectivity index (χ1v) is 7.29. The Hall–Kier alpha value is -1.26. The van der Waals surface area contributed by atoms with E-state index in [0.717, 1.165) is 25.5 Å². The number of hydrogen-bond acceptors (Lipinski definition) is 2. The number of nitrogens with one attached hydrogen (secondary N) is 1. The van der Waals surface area contributed by atoms with Crippen molar-refractivity contribution in [2.24, 2.45) is 0 Å². The van der Waals surface area contributed by atoms with Crippen LogP contribution < -0.4 is 5.32 Å². The molecule has 1 heterocycles. The number of benzene rings is 1. The van der Waals surface area contributed by atoms with Gasteiger partial charge < -0.3 is 5.32 Å². The maximum atomic E-state index is 13.9. The van der Waals surface area contributed by atoms with Gasteiger partial charge in [-0.3, -0.25) is 0 Å². The summed E-state index contributed by atoms with van der Waals surface area (Å²) >= 11 is 1.65. The molecule has 1 nitrogen and oxygen atoms in total. The van der Waals surface area contributed by atoms with E-state index in [-0.39, 0.29) is 6.04 Å². The fourth-order valence-electron chi connectivity index (χ4n) is 2.02. The summed E-state index contributed by atoms with van der Waals surface area (Å²) in [6, 6.07) is 7.70. The largest absolute Gasteiger partial charge is 0.310 e. The van der Waals surface area contributed by atoms with Crippen LogP contribution in [-0.2, 0) is 6.42 Å². The highest BCUT2D eigenvalue weighted by Gasteiger charge is 2.16. The van der Waals surface area contributed by atoms with Crippen molar-refractivity contribution in [2.45, 2.75) is 25.8 Å². The summed E-state index contributed by atoms with van der Waals surface area (Å²) in [5.74, 6) is -1.02. The molecule has 102 valence electrons. The van der Waals surface area contributed by atoms with Gasteiger partial charge in [-0.25, -0.2) is 8.78 Å². The summed E-state index contributed by atoms with van der Waals surface area (Å²) in [6.45, 7) is 2.88. The highest BCUT2D eigenvalue weighted by Crippen LogP contribution is 2.24. The van der Waals surface area contributed by atoms with Crippen LogP contribution in [0.15, 0.2) is 35.7 Å². The molecule has 2 rings (SSSR count). The van der Waals surface area contributed by atoms with Crippen LogP contribution in [0, 0.1) is 11.6 Å². The Morgan fingerprint density at radius 3 is 2.74 bits per heavy atom. The van der Waals surface area contributed by atoms with Gasteiger partial charge in [0.25, 0.3) is 0 Å². The summed E-state index contributed by atoms with van der Waals surface area (Å²) in [7, 11) is 0. The van der Waals surface area contributed by atoms with Crippen molar-refractivity contribution < 1.29 is 8.78 Å². The molecule has 0 aliphatic rings. The van der Waals surface area contributed by atoms with E-state index in [1.54, 1.807) is 11.3 Å². The molecular weight excluding hydrogens is 264 g/mol. The molecule has 2 aromatic rings. The summed E-state index contributed by atoms with van der Waals surface area (Å²) < 4.78 is 26.9. The van der Waals surface area contributed by atoms with Crippen molar-refractivity contribution in [3.63, 3.8) is 0 Å². The molecule has 19 heavy (non-hydrogen) atoms. The van der Waals surface area contributed by atoms with Gasteiger partial charge in [0.1, 0.15) is 11.6 Å². The highest BCUT2D eigenvalue weighted by atomic mass is 32.1. The lowest BCUT2D eigenvalue weighted by atomic mass is 10.0. The normalized spacial score (nSPS) is 12.6. The Labute approximate surface area is 116 Å². The number of halogens is 2. The van der Waals surface area contributed by atoms with Crippen LogP contribution in [0.2, 0.25) is 0 Å². The predicted octanol–water partition coefficient (Wildman–Crippen LogP) is 4.31. The maximum absolute atomic E-state index is 13.9. The lowest BCUT2D eigenvalue weighted by Gasteiger charge is -2.19. The molecular formula is C15H17F2NS. The molecule has 1 aromatic heterocycles. The van der Waals surface area contributed by atoms with Gasteiger partial charge in [-0.1, -0.05) is 19.1 Å². The molecule has 1 N–H and O–H groups in total. The third-order valence-electron chi connectivity index (χ3n) is 2.96. The Kier molecular flexibility index (Phi) is 5.05. The molecule has 0 aliphatic heterocycles. The fraction of sp³-hybridized carbons (Fsp3) is 0.333. The Morgan fingerprint density at radius 2 is 2.11 bits per heavy atom. The Bertz CT molecular complexity index is 511. The van der Waals surface area contributed by atoms with Crippen LogP contribution in [0.25, 0.3) is 0 Å². The van der Waals surface area contributed by atoms with Crippen LogP contribution in [0.5, 0.6) is 0 Å². The Morgan fingerprint density at radius 1 is 1.26 bits per heavy atom. The molecule has 0 fully saturated rings.